The Labute approximate surface area is 349 Å². The van der Waals surface area contributed by atoms with Gasteiger partial charge in [0, 0.05) is 88.7 Å². The van der Waals surface area contributed by atoms with Crippen LogP contribution in [0.15, 0.2) is 54.6 Å². The van der Waals surface area contributed by atoms with E-state index in [4.69, 9.17) is 55.6 Å². The van der Waals surface area contributed by atoms with Gasteiger partial charge in [-0.05, 0) is 24.3 Å². The minimum Gasteiger partial charge on any atom is -0.504 e. The van der Waals surface area contributed by atoms with E-state index in [-0.39, 0.29) is 22.9 Å². The summed E-state index contributed by atoms with van der Waals surface area (Å²) in [6.07, 6.45) is 0. The van der Waals surface area contributed by atoms with E-state index in [2.05, 4.69) is 19.4 Å². The molecule has 3 N–H and O–H groups in total. The Hall–Kier alpha value is -4.89. The number of phenolic OH excluding ortho intramolecular Hbond substituents is 1. The number of nitrogens with two attached hydrogens (primary N) is 1. The van der Waals surface area contributed by atoms with E-state index >= 15 is 0 Å². The number of nitrogen functional groups attached to an aromatic ring is 1. The maximum absolute atomic E-state index is 10.7. The third kappa shape index (κ3) is 18.3. The van der Waals surface area contributed by atoms with Gasteiger partial charge in [0.25, 0.3) is 11.4 Å². The summed E-state index contributed by atoms with van der Waals surface area (Å²) in [6.45, 7) is 14.6. The zero-order valence-electron chi connectivity index (χ0n) is 34.0. The Morgan fingerprint density at radius 2 is 1.00 bits per heavy atom. The number of anilines is 1. The molecular weight excluding hydrogens is 796 g/mol. The first kappa shape index (κ1) is 48.5. The van der Waals surface area contributed by atoms with Crippen molar-refractivity contribution in [3.63, 3.8) is 0 Å². The van der Waals surface area contributed by atoms with Crippen molar-refractivity contribution in [3.8, 4) is 34.5 Å². The number of methoxy groups -OCH3 is 3. The standard InChI is InChI=1S/C13H18N2O5.C13H20N2O3.C7H7NO4.C6H12ClNO/c1-18-13-10-11(15(16)17)2-3-12(13)20-9-6-14-4-7-19-8-5-14;1-16-13-10-11(14)2-3-12(13)18-9-6-15-4-7-17-8-5-15;1-12-7-4-5(8(10)11)2-3-6(7)9;7-1-2-8-3-5-9-6-4-8/h2-3,10H,4-9H2,1H3;2-3,10H,4-9,14H2,1H3;2-4,9H,1H3;1-6H2. The summed E-state index contributed by atoms with van der Waals surface area (Å²) in [5.41, 5.74) is 6.25. The van der Waals surface area contributed by atoms with E-state index in [1.54, 1.807) is 19.2 Å². The topological polar surface area (TPSA) is 216 Å². The van der Waals surface area contributed by atoms with Crippen molar-refractivity contribution in [1.82, 2.24) is 14.7 Å². The van der Waals surface area contributed by atoms with Crippen LogP contribution < -0.4 is 29.4 Å². The van der Waals surface area contributed by atoms with Gasteiger partial charge in [-0.3, -0.25) is 34.9 Å². The molecule has 20 heteroatoms. The number of alkyl halides is 1. The summed E-state index contributed by atoms with van der Waals surface area (Å²) in [5, 5.41) is 30.0. The highest BCUT2D eigenvalue weighted by Gasteiger charge is 2.15. The fraction of sp³-hybridized carbons (Fsp3) is 0.538. The highest BCUT2D eigenvalue weighted by atomic mass is 35.5. The summed E-state index contributed by atoms with van der Waals surface area (Å²) in [6, 6.07) is 13.3. The van der Waals surface area contributed by atoms with Crippen molar-refractivity contribution < 1.29 is 52.8 Å². The molecule has 0 spiro atoms. The van der Waals surface area contributed by atoms with Gasteiger partial charge < -0.3 is 48.7 Å². The number of aromatic hydroxyl groups is 1. The number of halogens is 1. The SMILES string of the molecule is COc1cc(N)ccc1OCCN1CCOCC1.COc1cc([N+](=O)[O-])ccc1O.COc1cc([N+](=O)[O-])ccc1OCCN1CCOCC1.ClCCN1CCOCC1. The Morgan fingerprint density at radius 1 is 0.610 bits per heavy atom. The fourth-order valence-electron chi connectivity index (χ4n) is 5.64. The van der Waals surface area contributed by atoms with Gasteiger partial charge in [-0.25, -0.2) is 0 Å². The third-order valence-corrected chi connectivity index (χ3v) is 9.13. The number of hydrogen-bond acceptors (Lipinski definition) is 17. The van der Waals surface area contributed by atoms with Crippen LogP contribution in [0.1, 0.15) is 0 Å². The minimum atomic E-state index is -0.554. The predicted molar refractivity (Wildman–Crippen MR) is 222 cm³/mol. The number of benzene rings is 3. The van der Waals surface area contributed by atoms with Crippen molar-refractivity contribution in [1.29, 1.82) is 0 Å². The lowest BCUT2D eigenvalue weighted by Gasteiger charge is -2.26. The summed E-state index contributed by atoms with van der Waals surface area (Å²) in [4.78, 5) is 26.8. The van der Waals surface area contributed by atoms with Crippen LogP contribution in [0.4, 0.5) is 17.1 Å². The Bertz CT molecular complexity index is 1670. The Balaban J connectivity index is 0.000000219. The molecule has 3 aliphatic rings. The van der Waals surface area contributed by atoms with Gasteiger partial charge in [-0.15, -0.1) is 11.6 Å². The minimum absolute atomic E-state index is 0.0117. The first-order valence-electron chi connectivity index (χ1n) is 19.1. The molecule has 0 atom stereocenters. The number of phenols is 1. The van der Waals surface area contributed by atoms with Crippen LogP contribution in [0, 0.1) is 20.2 Å². The molecule has 3 fully saturated rings. The number of hydrogen-bond donors (Lipinski definition) is 2. The second kappa shape index (κ2) is 27.7. The van der Waals surface area contributed by atoms with E-state index in [0.717, 1.165) is 116 Å². The molecule has 0 radical (unpaired) electrons. The molecule has 0 amide bonds. The van der Waals surface area contributed by atoms with E-state index in [0.29, 0.717) is 36.1 Å². The van der Waals surface area contributed by atoms with Gasteiger partial charge >= 0.3 is 0 Å². The second-order valence-corrected chi connectivity index (χ2v) is 13.2. The molecule has 59 heavy (non-hydrogen) atoms. The molecule has 0 bridgehead atoms. The highest BCUT2D eigenvalue weighted by molar-refractivity contribution is 6.18. The number of ether oxygens (including phenoxy) is 8. The predicted octanol–water partition coefficient (Wildman–Crippen LogP) is 4.17. The van der Waals surface area contributed by atoms with Crippen molar-refractivity contribution in [2.75, 3.05) is 145 Å². The summed E-state index contributed by atoms with van der Waals surface area (Å²) < 4.78 is 42.1. The largest absolute Gasteiger partial charge is 0.504 e. The second-order valence-electron chi connectivity index (χ2n) is 12.9. The molecule has 3 aromatic carbocycles. The lowest BCUT2D eigenvalue weighted by Crippen LogP contribution is -2.38. The van der Waals surface area contributed by atoms with Crippen LogP contribution in [0.3, 0.4) is 0 Å². The fourth-order valence-corrected chi connectivity index (χ4v) is 5.87. The zero-order valence-corrected chi connectivity index (χ0v) is 34.7. The summed E-state index contributed by atoms with van der Waals surface area (Å²) in [7, 11) is 4.41. The van der Waals surface area contributed by atoms with Gasteiger partial charge in [-0.1, -0.05) is 0 Å². The van der Waals surface area contributed by atoms with Gasteiger partial charge in [0.2, 0.25) is 0 Å². The number of nitrogens with zero attached hydrogens (tertiary/aromatic N) is 5. The van der Waals surface area contributed by atoms with Crippen LogP contribution in [-0.2, 0) is 14.2 Å². The highest BCUT2D eigenvalue weighted by Crippen LogP contribution is 2.32. The van der Waals surface area contributed by atoms with Gasteiger partial charge in [0.1, 0.15) is 13.2 Å². The molecule has 3 saturated heterocycles. The van der Waals surface area contributed by atoms with Crippen molar-refractivity contribution in [2.45, 2.75) is 0 Å². The monoisotopic (exact) mass is 852 g/mol. The summed E-state index contributed by atoms with van der Waals surface area (Å²) in [5.74, 6) is 3.04. The van der Waals surface area contributed by atoms with Crippen LogP contribution in [-0.4, -0.2) is 169 Å². The normalized spacial score (nSPS) is 15.7. The van der Waals surface area contributed by atoms with Gasteiger partial charge in [-0.2, -0.15) is 0 Å². The molecule has 0 unspecified atom stereocenters. The number of nitro groups is 2. The van der Waals surface area contributed by atoms with Gasteiger partial charge in [0.05, 0.1) is 83.0 Å². The molecule has 19 nitrogen and oxygen atoms in total. The number of rotatable bonds is 15. The molecule has 3 aliphatic heterocycles. The molecule has 3 aromatic rings. The molecule has 0 aliphatic carbocycles. The lowest BCUT2D eigenvalue weighted by molar-refractivity contribution is -0.385. The number of non-ortho nitro benzene ring substituents is 2. The van der Waals surface area contributed by atoms with Crippen LogP contribution in [0.2, 0.25) is 0 Å². The Kier molecular flexibility index (Phi) is 22.8. The van der Waals surface area contributed by atoms with E-state index in [1.165, 1.54) is 38.5 Å². The quantitative estimate of drug-likeness (QED) is 0.0949. The van der Waals surface area contributed by atoms with Crippen molar-refractivity contribution in [3.05, 3.63) is 74.8 Å². The molecule has 0 saturated carbocycles. The molecule has 0 aromatic heterocycles. The smallest absolute Gasteiger partial charge is 0.273 e. The number of nitro benzene ring substituents is 2. The van der Waals surface area contributed by atoms with Crippen LogP contribution in [0.5, 0.6) is 34.5 Å². The Morgan fingerprint density at radius 3 is 1.42 bits per heavy atom. The average molecular weight is 853 g/mol. The van der Waals surface area contributed by atoms with E-state index in [9.17, 15) is 20.2 Å². The van der Waals surface area contributed by atoms with Gasteiger partial charge in [0.15, 0.2) is 34.5 Å². The maximum Gasteiger partial charge on any atom is 0.273 e. The first-order chi connectivity index (χ1) is 28.6. The van der Waals surface area contributed by atoms with Crippen LogP contribution >= 0.6 is 11.6 Å². The van der Waals surface area contributed by atoms with Crippen molar-refractivity contribution >= 4 is 28.7 Å². The lowest BCUT2D eigenvalue weighted by atomic mass is 10.3. The van der Waals surface area contributed by atoms with Crippen molar-refractivity contribution in [2.24, 2.45) is 0 Å². The summed E-state index contributed by atoms with van der Waals surface area (Å²) >= 11 is 5.55. The molecule has 328 valence electrons. The molecular formula is C39H57ClN6O13. The molecule has 3 heterocycles. The average Bonchev–Trinajstić information content (AvgIpc) is 3.26. The first-order valence-corrected chi connectivity index (χ1v) is 19.6. The zero-order chi connectivity index (χ0) is 42.8. The number of morpholine rings is 3. The molecule has 6 rings (SSSR count). The van der Waals surface area contributed by atoms with E-state index < -0.39 is 9.85 Å². The maximum atomic E-state index is 10.7. The van der Waals surface area contributed by atoms with E-state index in [1.807, 2.05) is 12.1 Å². The van der Waals surface area contributed by atoms with Crippen LogP contribution in [0.25, 0.3) is 0 Å². The third-order valence-electron chi connectivity index (χ3n) is 8.96.